The van der Waals surface area contributed by atoms with E-state index in [0.717, 1.165) is 25.8 Å². The lowest BCUT2D eigenvalue weighted by atomic mass is 10.3. The number of hydrogen-bond acceptors (Lipinski definition) is 3. The number of amides is 1. The molecule has 2 fully saturated rings. The Bertz CT molecular complexity index is 228. The van der Waals surface area contributed by atoms with E-state index in [9.17, 15) is 9.90 Å². The zero-order valence-corrected chi connectivity index (χ0v) is 8.57. The fraction of sp³-hybridized carbons (Fsp3) is 0.900. The molecule has 80 valence electrons. The fourth-order valence-electron chi connectivity index (χ4n) is 1.84. The van der Waals surface area contributed by atoms with Gasteiger partial charge in [0.25, 0.3) is 0 Å². The maximum absolute atomic E-state index is 11.7. The first-order valence-electron chi connectivity index (χ1n) is 5.39. The molecule has 4 heteroatoms. The van der Waals surface area contributed by atoms with Crippen molar-refractivity contribution >= 4 is 5.91 Å². The Morgan fingerprint density at radius 1 is 1.50 bits per heavy atom. The SMILES string of the molecule is CC(C(=O)NC1CC1)N1CCC(O)C1. The number of carbonyl (C=O) groups is 1. The van der Waals surface area contributed by atoms with Gasteiger partial charge in [-0.05, 0) is 26.2 Å². The van der Waals surface area contributed by atoms with Gasteiger partial charge in [0.2, 0.25) is 5.91 Å². The summed E-state index contributed by atoms with van der Waals surface area (Å²) < 4.78 is 0. The van der Waals surface area contributed by atoms with Crippen LogP contribution in [-0.4, -0.2) is 47.2 Å². The predicted octanol–water partition coefficient (Wildman–Crippen LogP) is -0.280. The highest BCUT2D eigenvalue weighted by Crippen LogP contribution is 2.19. The van der Waals surface area contributed by atoms with Gasteiger partial charge in [0, 0.05) is 19.1 Å². The summed E-state index contributed by atoms with van der Waals surface area (Å²) in [4.78, 5) is 13.7. The molecule has 2 aliphatic rings. The first-order chi connectivity index (χ1) is 6.66. The molecule has 1 heterocycles. The monoisotopic (exact) mass is 198 g/mol. The van der Waals surface area contributed by atoms with E-state index in [-0.39, 0.29) is 18.1 Å². The Hall–Kier alpha value is -0.610. The van der Waals surface area contributed by atoms with Crippen molar-refractivity contribution < 1.29 is 9.90 Å². The lowest BCUT2D eigenvalue weighted by Gasteiger charge is -2.22. The molecule has 1 saturated heterocycles. The molecule has 0 bridgehead atoms. The van der Waals surface area contributed by atoms with Gasteiger partial charge >= 0.3 is 0 Å². The molecule has 0 aromatic heterocycles. The lowest BCUT2D eigenvalue weighted by molar-refractivity contribution is -0.125. The minimum atomic E-state index is -0.244. The van der Waals surface area contributed by atoms with Crippen LogP contribution in [0.15, 0.2) is 0 Å². The summed E-state index contributed by atoms with van der Waals surface area (Å²) >= 11 is 0. The molecule has 0 aromatic rings. The number of carbonyl (C=O) groups excluding carboxylic acids is 1. The van der Waals surface area contributed by atoms with Crippen LogP contribution in [0.1, 0.15) is 26.2 Å². The van der Waals surface area contributed by atoms with E-state index in [1.807, 2.05) is 11.8 Å². The first kappa shape index (κ1) is 9.93. The number of rotatable bonds is 3. The Morgan fingerprint density at radius 3 is 2.71 bits per heavy atom. The van der Waals surface area contributed by atoms with E-state index in [0.29, 0.717) is 12.6 Å². The zero-order chi connectivity index (χ0) is 10.1. The summed E-state index contributed by atoms with van der Waals surface area (Å²) in [5, 5.41) is 12.3. The largest absolute Gasteiger partial charge is 0.392 e. The van der Waals surface area contributed by atoms with Crippen LogP contribution in [0.4, 0.5) is 0 Å². The van der Waals surface area contributed by atoms with Crippen molar-refractivity contribution in [2.24, 2.45) is 0 Å². The zero-order valence-electron chi connectivity index (χ0n) is 8.57. The highest BCUT2D eigenvalue weighted by molar-refractivity contribution is 5.81. The Labute approximate surface area is 84.3 Å². The number of hydrogen-bond donors (Lipinski definition) is 2. The molecule has 0 spiro atoms. The standard InChI is InChI=1S/C10H18N2O2/c1-7(10(14)11-8-2-3-8)12-5-4-9(13)6-12/h7-9,13H,2-6H2,1H3,(H,11,14). The molecular weight excluding hydrogens is 180 g/mol. The second-order valence-corrected chi connectivity index (χ2v) is 4.40. The van der Waals surface area contributed by atoms with Crippen molar-refractivity contribution in [3.63, 3.8) is 0 Å². The quantitative estimate of drug-likeness (QED) is 0.656. The van der Waals surface area contributed by atoms with Gasteiger partial charge in [-0.15, -0.1) is 0 Å². The van der Waals surface area contributed by atoms with Crippen molar-refractivity contribution in [3.8, 4) is 0 Å². The normalized spacial score (nSPS) is 30.3. The third-order valence-electron chi connectivity index (χ3n) is 3.05. The van der Waals surface area contributed by atoms with Crippen LogP contribution in [-0.2, 0) is 4.79 Å². The van der Waals surface area contributed by atoms with Crippen LogP contribution in [0.25, 0.3) is 0 Å². The molecule has 0 aromatic carbocycles. The second-order valence-electron chi connectivity index (χ2n) is 4.40. The average molecular weight is 198 g/mol. The van der Waals surface area contributed by atoms with Crippen LogP contribution < -0.4 is 5.32 Å². The molecule has 0 radical (unpaired) electrons. The summed E-state index contributed by atoms with van der Waals surface area (Å²) in [5.74, 6) is 0.113. The number of β-amino-alcohol motifs (C(OH)–C–C–N with tert-alkyl or cyclic N) is 1. The summed E-state index contributed by atoms with van der Waals surface area (Å²) in [6, 6.07) is 0.338. The van der Waals surface area contributed by atoms with Gasteiger partial charge in [-0.2, -0.15) is 0 Å². The minimum Gasteiger partial charge on any atom is -0.392 e. The highest BCUT2D eigenvalue weighted by atomic mass is 16.3. The number of aliphatic hydroxyl groups excluding tert-OH is 1. The Balaban J connectivity index is 1.80. The van der Waals surface area contributed by atoms with Gasteiger partial charge < -0.3 is 10.4 Å². The van der Waals surface area contributed by atoms with Crippen LogP contribution in [0.5, 0.6) is 0 Å². The number of nitrogens with one attached hydrogen (secondary N) is 1. The highest BCUT2D eigenvalue weighted by Gasteiger charge is 2.31. The molecule has 2 rings (SSSR count). The molecule has 2 atom stereocenters. The van der Waals surface area contributed by atoms with Crippen molar-refractivity contribution in [1.29, 1.82) is 0 Å². The average Bonchev–Trinajstić information content (AvgIpc) is 2.85. The molecule has 1 aliphatic heterocycles. The van der Waals surface area contributed by atoms with Crippen LogP contribution in [0.3, 0.4) is 0 Å². The molecular formula is C10H18N2O2. The van der Waals surface area contributed by atoms with Crippen LogP contribution in [0.2, 0.25) is 0 Å². The summed E-state index contributed by atoms with van der Waals surface area (Å²) in [6.07, 6.45) is 2.80. The molecule has 14 heavy (non-hydrogen) atoms. The van der Waals surface area contributed by atoms with Crippen LogP contribution >= 0.6 is 0 Å². The van der Waals surface area contributed by atoms with E-state index in [1.54, 1.807) is 0 Å². The maximum Gasteiger partial charge on any atom is 0.237 e. The number of aliphatic hydroxyl groups is 1. The van der Waals surface area contributed by atoms with Crippen molar-refractivity contribution in [2.45, 2.75) is 44.4 Å². The Kier molecular flexibility index (Phi) is 2.74. The van der Waals surface area contributed by atoms with Crippen molar-refractivity contribution in [1.82, 2.24) is 10.2 Å². The number of nitrogens with zero attached hydrogens (tertiary/aromatic N) is 1. The second kappa shape index (κ2) is 3.87. The van der Waals surface area contributed by atoms with E-state index in [2.05, 4.69) is 5.32 Å². The summed E-state index contributed by atoms with van der Waals surface area (Å²) in [5.41, 5.74) is 0. The van der Waals surface area contributed by atoms with E-state index in [1.165, 1.54) is 0 Å². The smallest absolute Gasteiger partial charge is 0.237 e. The molecule has 4 nitrogen and oxygen atoms in total. The topological polar surface area (TPSA) is 52.6 Å². The third kappa shape index (κ3) is 2.25. The van der Waals surface area contributed by atoms with E-state index >= 15 is 0 Å². The molecule has 1 amide bonds. The van der Waals surface area contributed by atoms with Crippen molar-refractivity contribution in [2.75, 3.05) is 13.1 Å². The molecule has 1 aliphatic carbocycles. The summed E-state index contributed by atoms with van der Waals surface area (Å²) in [7, 11) is 0. The fourth-order valence-corrected chi connectivity index (χ4v) is 1.84. The third-order valence-corrected chi connectivity index (χ3v) is 3.05. The molecule has 2 N–H and O–H groups in total. The van der Waals surface area contributed by atoms with Crippen LogP contribution in [0, 0.1) is 0 Å². The van der Waals surface area contributed by atoms with Gasteiger partial charge in [-0.25, -0.2) is 0 Å². The maximum atomic E-state index is 11.7. The molecule has 1 saturated carbocycles. The van der Waals surface area contributed by atoms with Gasteiger partial charge in [-0.3, -0.25) is 9.69 Å². The van der Waals surface area contributed by atoms with Gasteiger partial charge in [0.15, 0.2) is 0 Å². The Morgan fingerprint density at radius 2 is 2.21 bits per heavy atom. The molecule has 2 unspecified atom stereocenters. The lowest BCUT2D eigenvalue weighted by Crippen LogP contribution is -2.45. The summed E-state index contributed by atoms with van der Waals surface area (Å²) in [6.45, 7) is 3.38. The first-order valence-corrected chi connectivity index (χ1v) is 5.39. The predicted molar refractivity (Wildman–Crippen MR) is 52.8 cm³/mol. The van der Waals surface area contributed by atoms with Crippen molar-refractivity contribution in [3.05, 3.63) is 0 Å². The number of likely N-dealkylation sites (tertiary alicyclic amines) is 1. The van der Waals surface area contributed by atoms with E-state index in [4.69, 9.17) is 0 Å². The van der Waals surface area contributed by atoms with Gasteiger partial charge in [-0.1, -0.05) is 0 Å². The minimum absolute atomic E-state index is 0.0900. The van der Waals surface area contributed by atoms with E-state index < -0.39 is 0 Å². The van der Waals surface area contributed by atoms with Gasteiger partial charge in [0.1, 0.15) is 0 Å². The van der Waals surface area contributed by atoms with Gasteiger partial charge in [0.05, 0.1) is 12.1 Å².